The van der Waals surface area contributed by atoms with Gasteiger partial charge in [-0.1, -0.05) is 51.1 Å². The summed E-state index contributed by atoms with van der Waals surface area (Å²) in [5.41, 5.74) is 2.51. The van der Waals surface area contributed by atoms with Gasteiger partial charge in [-0.2, -0.15) is 0 Å². The van der Waals surface area contributed by atoms with Gasteiger partial charge in [-0.3, -0.25) is 9.59 Å². The lowest BCUT2D eigenvalue weighted by molar-refractivity contribution is -0.140. The van der Waals surface area contributed by atoms with Gasteiger partial charge in [0.15, 0.2) is 0 Å². The maximum absolute atomic E-state index is 13.6. The summed E-state index contributed by atoms with van der Waals surface area (Å²) >= 11 is 0. The van der Waals surface area contributed by atoms with Crippen LogP contribution in [0.2, 0.25) is 0 Å². The molecule has 1 N–H and O–H groups in total. The van der Waals surface area contributed by atoms with E-state index in [2.05, 4.69) is 20.8 Å². The van der Waals surface area contributed by atoms with Crippen LogP contribution >= 0.6 is 0 Å². The first kappa shape index (κ1) is 28.7. The van der Waals surface area contributed by atoms with Crippen LogP contribution in [0.4, 0.5) is 0 Å². The molecule has 1 fully saturated rings. The molecule has 3 aromatic rings. The highest BCUT2D eigenvalue weighted by Crippen LogP contribution is 2.42. The number of carbonyl (C=O) groups excluding carboxylic acids is 2. The zero-order valence-electron chi connectivity index (χ0n) is 24.0. The number of aliphatic hydroxyl groups is 1. The van der Waals surface area contributed by atoms with Gasteiger partial charge in [0.25, 0.3) is 11.7 Å². The largest absolute Gasteiger partial charge is 0.507 e. The lowest BCUT2D eigenvalue weighted by Crippen LogP contribution is -2.29. The average Bonchev–Trinajstić information content (AvgIpc) is 3.18. The highest BCUT2D eigenvalue weighted by atomic mass is 16.5. The third-order valence-electron chi connectivity index (χ3n) is 6.94. The van der Waals surface area contributed by atoms with E-state index in [9.17, 15) is 14.7 Å². The minimum atomic E-state index is -0.815. The molecule has 0 aliphatic carbocycles. The second-order valence-electron chi connectivity index (χ2n) is 10.6. The molecule has 7 heteroatoms. The number of ether oxygens (including phenoxy) is 3. The van der Waals surface area contributed by atoms with E-state index in [1.54, 1.807) is 31.4 Å². The van der Waals surface area contributed by atoms with Gasteiger partial charge in [-0.15, -0.1) is 0 Å². The van der Waals surface area contributed by atoms with E-state index in [4.69, 9.17) is 14.2 Å². The highest BCUT2D eigenvalue weighted by molar-refractivity contribution is 6.46. The van der Waals surface area contributed by atoms with E-state index in [1.165, 1.54) is 4.90 Å². The summed E-state index contributed by atoms with van der Waals surface area (Å²) in [5.74, 6) is 0.343. The van der Waals surface area contributed by atoms with Crippen LogP contribution in [0.15, 0.2) is 72.3 Å². The van der Waals surface area contributed by atoms with Gasteiger partial charge in [0.2, 0.25) is 0 Å². The fourth-order valence-electron chi connectivity index (χ4n) is 5.02. The number of amides is 1. The fraction of sp³-hybridized carbons (Fsp3) is 0.333. The molecule has 0 spiro atoms. The molecule has 1 aliphatic rings. The number of ketones is 1. The molecule has 1 heterocycles. The van der Waals surface area contributed by atoms with Crippen molar-refractivity contribution in [1.29, 1.82) is 0 Å². The molecular weight excluding hydrogens is 506 g/mol. The lowest BCUT2D eigenvalue weighted by atomic mass is 9.84. The van der Waals surface area contributed by atoms with Gasteiger partial charge in [0.1, 0.15) is 23.0 Å². The Morgan fingerprint density at radius 3 is 2.20 bits per heavy atom. The Bertz CT molecular complexity index is 1420. The molecule has 3 aromatic carbocycles. The Balaban J connectivity index is 1.88. The smallest absolute Gasteiger partial charge is 0.295 e. The molecule has 1 saturated heterocycles. The maximum atomic E-state index is 13.6. The van der Waals surface area contributed by atoms with Crippen molar-refractivity contribution in [2.24, 2.45) is 0 Å². The van der Waals surface area contributed by atoms with E-state index in [0.717, 1.165) is 11.1 Å². The molecule has 7 nitrogen and oxygen atoms in total. The second kappa shape index (κ2) is 11.9. The first-order valence-corrected chi connectivity index (χ1v) is 13.5. The first-order chi connectivity index (χ1) is 19.1. The van der Waals surface area contributed by atoms with Crippen LogP contribution in [0.3, 0.4) is 0 Å². The van der Waals surface area contributed by atoms with Crippen molar-refractivity contribution in [3.05, 3.63) is 94.6 Å². The number of Topliss-reactive ketones (excluding diaryl/α,β-unsaturated/α-hetero) is 1. The lowest BCUT2D eigenvalue weighted by Gasteiger charge is -2.26. The van der Waals surface area contributed by atoms with E-state index < -0.39 is 17.7 Å². The van der Waals surface area contributed by atoms with Gasteiger partial charge >= 0.3 is 0 Å². The Morgan fingerprint density at radius 2 is 1.57 bits per heavy atom. The number of aliphatic hydroxyl groups excluding tert-OH is 1. The van der Waals surface area contributed by atoms with Gasteiger partial charge < -0.3 is 24.2 Å². The fourth-order valence-corrected chi connectivity index (χ4v) is 5.02. The van der Waals surface area contributed by atoms with Crippen LogP contribution in [0.5, 0.6) is 17.2 Å². The van der Waals surface area contributed by atoms with Crippen molar-refractivity contribution < 1.29 is 28.9 Å². The predicted molar refractivity (Wildman–Crippen MR) is 155 cm³/mol. The molecular formula is C33H37NO6. The number of likely N-dealkylation sites (tertiary alicyclic amines) is 1. The van der Waals surface area contributed by atoms with E-state index in [1.807, 2.05) is 56.3 Å². The average molecular weight is 544 g/mol. The number of para-hydroxylation sites is 1. The minimum Gasteiger partial charge on any atom is -0.507 e. The monoisotopic (exact) mass is 543 g/mol. The van der Waals surface area contributed by atoms with Gasteiger partial charge in [0.05, 0.1) is 38.5 Å². The van der Waals surface area contributed by atoms with Crippen molar-refractivity contribution in [2.75, 3.05) is 20.3 Å². The van der Waals surface area contributed by atoms with Crippen LogP contribution in [-0.2, 0) is 21.5 Å². The molecule has 4 rings (SSSR count). The third kappa shape index (κ3) is 5.69. The summed E-state index contributed by atoms with van der Waals surface area (Å²) in [6.07, 6.45) is 0. The van der Waals surface area contributed by atoms with Crippen molar-refractivity contribution >= 4 is 17.4 Å². The van der Waals surface area contributed by atoms with Crippen LogP contribution in [0, 0.1) is 0 Å². The molecule has 0 radical (unpaired) electrons. The minimum absolute atomic E-state index is 0.0353. The molecule has 0 saturated carbocycles. The molecule has 1 aliphatic heterocycles. The number of rotatable bonds is 9. The predicted octanol–water partition coefficient (Wildman–Crippen LogP) is 6.41. The zero-order valence-corrected chi connectivity index (χ0v) is 24.0. The van der Waals surface area contributed by atoms with Crippen LogP contribution in [0.25, 0.3) is 5.76 Å². The third-order valence-corrected chi connectivity index (χ3v) is 6.94. The van der Waals surface area contributed by atoms with Crippen molar-refractivity contribution in [3.8, 4) is 17.2 Å². The van der Waals surface area contributed by atoms with E-state index >= 15 is 0 Å². The quantitative estimate of drug-likeness (QED) is 0.191. The number of hydrogen-bond donors (Lipinski definition) is 1. The van der Waals surface area contributed by atoms with Gasteiger partial charge in [-0.25, -0.2) is 0 Å². The molecule has 0 bridgehead atoms. The topological polar surface area (TPSA) is 85.3 Å². The van der Waals surface area contributed by atoms with Crippen molar-refractivity contribution in [1.82, 2.24) is 4.90 Å². The highest BCUT2D eigenvalue weighted by Gasteiger charge is 2.46. The van der Waals surface area contributed by atoms with Crippen molar-refractivity contribution in [2.45, 2.75) is 52.6 Å². The van der Waals surface area contributed by atoms with Crippen LogP contribution < -0.4 is 14.2 Å². The van der Waals surface area contributed by atoms with Crippen LogP contribution in [0.1, 0.15) is 62.9 Å². The standard InChI is InChI=1S/C33H37NO6/c1-7-39-24-16-13-21(14-17-24)29-28(30(35)22-15-18-27(40-8-2)25(19-22)33(3,4)5)31(36)32(37)34(29)20-23-11-9-10-12-26(23)38-6/h9-19,29,35H,7-8,20H2,1-6H3/b30-28-. The van der Waals surface area contributed by atoms with Gasteiger partial charge in [0, 0.05) is 16.7 Å². The Hall–Kier alpha value is -4.26. The Kier molecular flexibility index (Phi) is 8.52. The second-order valence-corrected chi connectivity index (χ2v) is 10.6. The first-order valence-electron chi connectivity index (χ1n) is 13.5. The van der Waals surface area contributed by atoms with E-state index in [0.29, 0.717) is 41.6 Å². The SMILES string of the molecule is CCOc1ccc(C2/C(=C(/O)c3ccc(OCC)c(C(C)(C)C)c3)C(=O)C(=O)N2Cc2ccccc2OC)cc1. The molecule has 0 aromatic heterocycles. The molecule has 1 unspecified atom stereocenters. The molecule has 40 heavy (non-hydrogen) atoms. The molecule has 210 valence electrons. The van der Waals surface area contributed by atoms with Gasteiger partial charge in [-0.05, 0) is 61.2 Å². The zero-order chi connectivity index (χ0) is 29.0. The summed E-state index contributed by atoms with van der Waals surface area (Å²) in [4.78, 5) is 28.6. The van der Waals surface area contributed by atoms with Crippen LogP contribution in [-0.4, -0.2) is 42.0 Å². The molecule has 1 atom stereocenters. The maximum Gasteiger partial charge on any atom is 0.295 e. The normalized spacial score (nSPS) is 16.8. The number of nitrogens with zero attached hydrogens (tertiary/aromatic N) is 1. The van der Waals surface area contributed by atoms with E-state index in [-0.39, 0.29) is 23.3 Å². The molecule has 1 amide bonds. The number of methoxy groups -OCH3 is 1. The summed E-state index contributed by atoms with van der Waals surface area (Å²) in [6.45, 7) is 11.1. The summed E-state index contributed by atoms with van der Waals surface area (Å²) in [5, 5.41) is 11.7. The van der Waals surface area contributed by atoms with Crippen molar-refractivity contribution in [3.63, 3.8) is 0 Å². The Labute approximate surface area is 236 Å². The number of hydrogen-bond acceptors (Lipinski definition) is 6. The summed E-state index contributed by atoms with van der Waals surface area (Å²) in [7, 11) is 1.57. The summed E-state index contributed by atoms with van der Waals surface area (Å²) in [6, 6.07) is 19.2. The number of benzene rings is 3. The Morgan fingerprint density at radius 1 is 0.900 bits per heavy atom. The number of carbonyl (C=O) groups is 2. The summed E-state index contributed by atoms with van der Waals surface area (Å²) < 4.78 is 16.9.